The van der Waals surface area contributed by atoms with Gasteiger partial charge in [0.1, 0.15) is 18.1 Å². The van der Waals surface area contributed by atoms with E-state index >= 15 is 0 Å². The largest absolute Gasteiger partial charge is 0.489 e. The van der Waals surface area contributed by atoms with Gasteiger partial charge in [-0.15, -0.1) is 0 Å². The number of benzene rings is 2. The molecule has 1 amide bonds. The van der Waals surface area contributed by atoms with Crippen molar-refractivity contribution < 1.29 is 9.53 Å². The van der Waals surface area contributed by atoms with Crippen LogP contribution in [0.2, 0.25) is 5.02 Å². The molecule has 7 heteroatoms. The Morgan fingerprint density at radius 2 is 2.04 bits per heavy atom. The Morgan fingerprint density at radius 3 is 2.75 bits per heavy atom. The zero-order chi connectivity index (χ0) is 20.1. The van der Waals surface area contributed by atoms with Gasteiger partial charge in [0.2, 0.25) is 0 Å². The maximum Gasteiger partial charge on any atom is 0.253 e. The van der Waals surface area contributed by atoms with E-state index in [9.17, 15) is 4.79 Å². The normalized spacial score (nSPS) is 10.7. The predicted octanol–water partition coefficient (Wildman–Crippen LogP) is 5.17. The Labute approximate surface area is 178 Å². The Balaban J connectivity index is 1.66. The Morgan fingerprint density at radius 1 is 1.25 bits per heavy atom. The third kappa shape index (κ3) is 5.14. The van der Waals surface area contributed by atoms with Gasteiger partial charge in [-0.25, -0.2) is 0 Å². The van der Waals surface area contributed by atoms with Crippen molar-refractivity contribution in [2.75, 3.05) is 7.05 Å². The summed E-state index contributed by atoms with van der Waals surface area (Å²) in [5, 5.41) is 4.97. The number of ether oxygens (including phenoxy) is 1. The van der Waals surface area contributed by atoms with E-state index in [-0.39, 0.29) is 5.91 Å². The molecule has 146 valence electrons. The van der Waals surface area contributed by atoms with E-state index in [0.717, 1.165) is 22.3 Å². The van der Waals surface area contributed by atoms with Gasteiger partial charge in [0, 0.05) is 29.8 Å². The molecule has 0 aliphatic heterocycles. The number of halogens is 2. The first-order valence-corrected chi connectivity index (χ1v) is 10.1. The molecule has 3 rings (SSSR count). The minimum absolute atomic E-state index is 0.0913. The summed E-state index contributed by atoms with van der Waals surface area (Å²) >= 11 is 9.64. The molecule has 28 heavy (non-hydrogen) atoms. The topological polar surface area (TPSA) is 47.4 Å². The van der Waals surface area contributed by atoms with Crippen LogP contribution in [0.25, 0.3) is 0 Å². The number of rotatable bonds is 7. The molecule has 0 bridgehead atoms. The third-order valence-electron chi connectivity index (χ3n) is 4.22. The number of nitrogens with zero attached hydrogens (tertiary/aromatic N) is 3. The zero-order valence-corrected chi connectivity index (χ0v) is 18.1. The molecular formula is C21H21BrClN3O2. The monoisotopic (exact) mass is 461 g/mol. The first-order chi connectivity index (χ1) is 13.5. The number of carbonyl (C=O) groups excluding carboxylic acids is 1. The molecule has 0 atom stereocenters. The van der Waals surface area contributed by atoms with Crippen LogP contribution in [-0.2, 0) is 19.7 Å². The molecule has 0 saturated carbocycles. The second-order valence-corrected chi connectivity index (χ2v) is 7.71. The fraction of sp³-hybridized carbons (Fsp3) is 0.238. The molecule has 0 spiro atoms. The van der Waals surface area contributed by atoms with Crippen molar-refractivity contribution >= 4 is 33.4 Å². The Kier molecular flexibility index (Phi) is 6.75. The fourth-order valence-corrected chi connectivity index (χ4v) is 3.33. The van der Waals surface area contributed by atoms with Crippen LogP contribution in [0, 0.1) is 0 Å². The SMILES string of the molecule is CCn1cc(Cl)c(CN(C)C(=O)c2cccc(COc3cccc(Br)c3)c2)n1. The smallest absolute Gasteiger partial charge is 0.253 e. The van der Waals surface area contributed by atoms with Crippen LogP contribution >= 0.6 is 27.5 Å². The van der Waals surface area contributed by atoms with Crippen molar-refractivity contribution in [3.63, 3.8) is 0 Å². The highest BCUT2D eigenvalue weighted by atomic mass is 79.9. The van der Waals surface area contributed by atoms with Crippen molar-refractivity contribution in [3.05, 3.63) is 81.0 Å². The third-order valence-corrected chi connectivity index (χ3v) is 5.03. The van der Waals surface area contributed by atoms with Gasteiger partial charge < -0.3 is 9.64 Å². The maximum absolute atomic E-state index is 12.8. The van der Waals surface area contributed by atoms with Crippen LogP contribution in [0.15, 0.2) is 59.2 Å². The summed E-state index contributed by atoms with van der Waals surface area (Å²) in [7, 11) is 1.74. The first kappa shape index (κ1) is 20.4. The molecule has 5 nitrogen and oxygen atoms in total. The van der Waals surface area contributed by atoms with Gasteiger partial charge in [0.05, 0.1) is 11.6 Å². The number of hydrogen-bond donors (Lipinski definition) is 0. The standard InChI is InChI=1S/C21H21BrClN3O2/c1-3-26-12-19(23)20(24-26)13-25(2)21(27)16-7-4-6-15(10-16)14-28-18-9-5-8-17(22)11-18/h4-12H,3,13-14H2,1-2H3. The molecule has 0 saturated heterocycles. The molecule has 3 aromatic rings. The maximum atomic E-state index is 12.8. The fourth-order valence-electron chi connectivity index (χ4n) is 2.74. The van der Waals surface area contributed by atoms with Crippen molar-refractivity contribution in [1.29, 1.82) is 0 Å². The molecule has 2 aromatic carbocycles. The highest BCUT2D eigenvalue weighted by Gasteiger charge is 2.16. The summed E-state index contributed by atoms with van der Waals surface area (Å²) in [6.45, 7) is 3.46. The molecule has 0 unspecified atom stereocenters. The lowest BCUT2D eigenvalue weighted by atomic mass is 10.1. The van der Waals surface area contributed by atoms with E-state index < -0.39 is 0 Å². The lowest BCUT2D eigenvalue weighted by Crippen LogP contribution is -2.26. The molecule has 0 aliphatic carbocycles. The summed E-state index contributed by atoms with van der Waals surface area (Å²) in [5.41, 5.74) is 2.21. The highest BCUT2D eigenvalue weighted by Crippen LogP contribution is 2.20. The van der Waals surface area contributed by atoms with Gasteiger partial charge in [-0.05, 0) is 42.8 Å². The van der Waals surface area contributed by atoms with E-state index in [0.29, 0.717) is 29.4 Å². The minimum Gasteiger partial charge on any atom is -0.489 e. The molecular weight excluding hydrogens is 442 g/mol. The van der Waals surface area contributed by atoms with Crippen LogP contribution in [0.5, 0.6) is 5.75 Å². The number of carbonyl (C=O) groups is 1. The van der Waals surface area contributed by atoms with E-state index in [1.807, 2.05) is 49.4 Å². The van der Waals surface area contributed by atoms with Gasteiger partial charge in [-0.1, -0.05) is 45.7 Å². The Bertz CT molecular complexity index is 974. The summed E-state index contributed by atoms with van der Waals surface area (Å²) in [6, 6.07) is 15.1. The number of hydrogen-bond acceptors (Lipinski definition) is 3. The molecule has 0 N–H and O–H groups in total. The number of aryl methyl sites for hydroxylation is 1. The minimum atomic E-state index is -0.0913. The lowest BCUT2D eigenvalue weighted by molar-refractivity contribution is 0.0783. The quantitative estimate of drug-likeness (QED) is 0.487. The van der Waals surface area contributed by atoms with Gasteiger partial charge in [-0.2, -0.15) is 5.10 Å². The number of amides is 1. The van der Waals surface area contributed by atoms with Gasteiger partial charge >= 0.3 is 0 Å². The van der Waals surface area contributed by atoms with Crippen LogP contribution in [0.1, 0.15) is 28.5 Å². The van der Waals surface area contributed by atoms with Gasteiger partial charge in [0.15, 0.2) is 0 Å². The van der Waals surface area contributed by atoms with Crippen LogP contribution in [-0.4, -0.2) is 27.6 Å². The van der Waals surface area contributed by atoms with Crippen molar-refractivity contribution in [2.24, 2.45) is 0 Å². The van der Waals surface area contributed by atoms with E-state index in [4.69, 9.17) is 16.3 Å². The summed E-state index contributed by atoms with van der Waals surface area (Å²) < 4.78 is 8.53. The molecule has 1 heterocycles. The number of aromatic nitrogens is 2. The van der Waals surface area contributed by atoms with E-state index in [1.54, 1.807) is 28.9 Å². The van der Waals surface area contributed by atoms with Gasteiger partial charge in [-0.3, -0.25) is 9.48 Å². The molecule has 0 aliphatic rings. The summed E-state index contributed by atoms with van der Waals surface area (Å²) in [4.78, 5) is 14.4. The van der Waals surface area contributed by atoms with Crippen molar-refractivity contribution in [1.82, 2.24) is 14.7 Å². The van der Waals surface area contributed by atoms with Crippen LogP contribution < -0.4 is 4.74 Å². The molecule has 0 fully saturated rings. The van der Waals surface area contributed by atoms with E-state index in [1.165, 1.54) is 0 Å². The molecule has 0 radical (unpaired) electrons. The second kappa shape index (κ2) is 9.26. The Hall–Kier alpha value is -2.31. The summed E-state index contributed by atoms with van der Waals surface area (Å²) in [6.07, 6.45) is 1.77. The van der Waals surface area contributed by atoms with E-state index in [2.05, 4.69) is 21.0 Å². The zero-order valence-electron chi connectivity index (χ0n) is 15.7. The predicted molar refractivity (Wildman–Crippen MR) is 114 cm³/mol. The lowest BCUT2D eigenvalue weighted by Gasteiger charge is -2.17. The van der Waals surface area contributed by atoms with Crippen molar-refractivity contribution in [3.8, 4) is 5.75 Å². The van der Waals surface area contributed by atoms with Crippen molar-refractivity contribution in [2.45, 2.75) is 26.6 Å². The van der Waals surface area contributed by atoms with Crippen LogP contribution in [0.4, 0.5) is 0 Å². The average Bonchev–Trinajstić information content (AvgIpc) is 3.05. The summed E-state index contributed by atoms with van der Waals surface area (Å²) in [5.74, 6) is 0.677. The highest BCUT2D eigenvalue weighted by molar-refractivity contribution is 9.10. The molecule has 1 aromatic heterocycles. The average molecular weight is 463 g/mol. The second-order valence-electron chi connectivity index (χ2n) is 6.39. The van der Waals surface area contributed by atoms with Gasteiger partial charge in [0.25, 0.3) is 5.91 Å². The van der Waals surface area contributed by atoms with Crippen LogP contribution in [0.3, 0.4) is 0 Å². The first-order valence-electron chi connectivity index (χ1n) is 8.91.